The van der Waals surface area contributed by atoms with Crippen molar-refractivity contribution in [3.05, 3.63) is 24.3 Å². The van der Waals surface area contributed by atoms with E-state index in [1.54, 1.807) is 12.5 Å². The minimum atomic E-state index is -0.186. The second-order valence-corrected chi connectivity index (χ2v) is 3.37. The first-order valence-electron chi connectivity index (χ1n) is 3.62. The van der Waals surface area contributed by atoms with E-state index in [1.807, 2.05) is 19.9 Å². The Morgan fingerprint density at radius 3 is 2.73 bits per heavy atom. The molecular weight excluding hydrogens is 138 g/mol. The third-order valence-corrected chi connectivity index (χ3v) is 1.28. The van der Waals surface area contributed by atoms with E-state index in [1.165, 1.54) is 0 Å². The fourth-order valence-corrected chi connectivity index (χ4v) is 0.889. The van der Waals surface area contributed by atoms with Crippen LogP contribution in [-0.2, 0) is 6.42 Å². The second-order valence-electron chi connectivity index (χ2n) is 3.37. The lowest BCUT2D eigenvalue weighted by atomic mass is 10.0. The predicted octanol–water partition coefficient (Wildman–Crippen LogP) is 0.756. The van der Waals surface area contributed by atoms with Gasteiger partial charge in [-0.3, -0.25) is 0 Å². The Kier molecular flexibility index (Phi) is 2.19. The summed E-state index contributed by atoms with van der Waals surface area (Å²) in [6.07, 6.45) is 4.06. The van der Waals surface area contributed by atoms with Crippen molar-refractivity contribution in [3.63, 3.8) is 0 Å². The van der Waals surface area contributed by atoms with Gasteiger partial charge in [0.05, 0.1) is 0 Å². The van der Waals surface area contributed by atoms with Crippen LogP contribution in [0.15, 0.2) is 18.6 Å². The summed E-state index contributed by atoms with van der Waals surface area (Å²) in [7, 11) is 0. The Morgan fingerprint density at radius 1 is 1.55 bits per heavy atom. The second kappa shape index (κ2) is 2.96. The van der Waals surface area contributed by atoms with Gasteiger partial charge in [0.2, 0.25) is 0 Å². The Morgan fingerprint density at radius 2 is 2.27 bits per heavy atom. The van der Waals surface area contributed by atoms with Crippen LogP contribution in [0.3, 0.4) is 0 Å². The molecule has 1 heterocycles. The third-order valence-electron chi connectivity index (χ3n) is 1.28. The molecule has 0 saturated heterocycles. The molecule has 0 aliphatic rings. The zero-order chi connectivity index (χ0) is 8.32. The molecule has 3 heteroatoms. The highest BCUT2D eigenvalue weighted by atomic mass is 14.8. The van der Waals surface area contributed by atoms with Crippen molar-refractivity contribution in [1.82, 2.24) is 9.97 Å². The van der Waals surface area contributed by atoms with Crippen molar-refractivity contribution < 1.29 is 0 Å². The van der Waals surface area contributed by atoms with E-state index >= 15 is 0 Å². The molecule has 0 spiro atoms. The van der Waals surface area contributed by atoms with Crippen molar-refractivity contribution in [1.29, 1.82) is 0 Å². The van der Waals surface area contributed by atoms with Gasteiger partial charge in [-0.25, -0.2) is 9.97 Å². The molecule has 0 bridgehead atoms. The van der Waals surface area contributed by atoms with Gasteiger partial charge in [0, 0.05) is 23.9 Å². The zero-order valence-electron chi connectivity index (χ0n) is 6.91. The maximum absolute atomic E-state index is 5.81. The molecule has 0 amide bonds. The number of nitrogens with two attached hydrogens (primary N) is 1. The Hall–Kier alpha value is -0.960. The largest absolute Gasteiger partial charge is 0.325 e. The van der Waals surface area contributed by atoms with Gasteiger partial charge in [0.25, 0.3) is 0 Å². The van der Waals surface area contributed by atoms with Crippen molar-refractivity contribution in [3.8, 4) is 0 Å². The van der Waals surface area contributed by atoms with Gasteiger partial charge in [-0.1, -0.05) is 0 Å². The first-order chi connectivity index (χ1) is 5.08. The lowest BCUT2D eigenvalue weighted by Gasteiger charge is -2.16. The van der Waals surface area contributed by atoms with Crippen LogP contribution >= 0.6 is 0 Å². The van der Waals surface area contributed by atoms with Crippen LogP contribution in [0.25, 0.3) is 0 Å². The number of hydrogen-bond donors (Lipinski definition) is 1. The van der Waals surface area contributed by atoms with Gasteiger partial charge in [0.1, 0.15) is 6.33 Å². The van der Waals surface area contributed by atoms with Gasteiger partial charge in [-0.15, -0.1) is 0 Å². The Labute approximate surface area is 66.7 Å². The molecule has 0 fully saturated rings. The average Bonchev–Trinajstić information content (AvgIpc) is 1.85. The van der Waals surface area contributed by atoms with Crippen molar-refractivity contribution in [2.75, 3.05) is 0 Å². The first kappa shape index (κ1) is 8.14. The molecular formula is C8H13N3. The van der Waals surface area contributed by atoms with Crippen LogP contribution in [-0.4, -0.2) is 15.5 Å². The summed E-state index contributed by atoms with van der Waals surface area (Å²) >= 11 is 0. The maximum atomic E-state index is 5.81. The van der Waals surface area contributed by atoms with Crippen LogP contribution in [0.2, 0.25) is 0 Å². The Bertz CT molecular complexity index is 213. The SMILES string of the molecule is CC(C)(N)Cc1ccncn1. The van der Waals surface area contributed by atoms with Gasteiger partial charge < -0.3 is 5.73 Å². The lowest BCUT2D eigenvalue weighted by Crippen LogP contribution is -2.34. The van der Waals surface area contributed by atoms with E-state index < -0.39 is 0 Å². The first-order valence-corrected chi connectivity index (χ1v) is 3.62. The average molecular weight is 151 g/mol. The van der Waals surface area contributed by atoms with Crippen molar-refractivity contribution in [2.24, 2.45) is 5.73 Å². The normalized spacial score (nSPS) is 11.5. The summed E-state index contributed by atoms with van der Waals surface area (Å²) in [5.74, 6) is 0. The van der Waals surface area contributed by atoms with E-state index in [0.29, 0.717) is 0 Å². The smallest absolute Gasteiger partial charge is 0.115 e. The topological polar surface area (TPSA) is 51.8 Å². The molecule has 60 valence electrons. The van der Waals surface area contributed by atoms with E-state index in [4.69, 9.17) is 5.73 Å². The highest BCUT2D eigenvalue weighted by molar-refractivity contribution is 5.02. The molecule has 2 N–H and O–H groups in total. The summed E-state index contributed by atoms with van der Waals surface area (Å²) < 4.78 is 0. The monoisotopic (exact) mass is 151 g/mol. The molecule has 1 rings (SSSR count). The van der Waals surface area contributed by atoms with Gasteiger partial charge in [-0.05, 0) is 19.9 Å². The molecule has 0 saturated carbocycles. The van der Waals surface area contributed by atoms with E-state index in [2.05, 4.69) is 9.97 Å². The highest BCUT2D eigenvalue weighted by Gasteiger charge is 2.11. The summed E-state index contributed by atoms with van der Waals surface area (Å²) in [5.41, 5.74) is 6.61. The van der Waals surface area contributed by atoms with E-state index in [-0.39, 0.29) is 5.54 Å². The van der Waals surface area contributed by atoms with Crippen LogP contribution in [0.5, 0.6) is 0 Å². The van der Waals surface area contributed by atoms with Gasteiger partial charge >= 0.3 is 0 Å². The minimum Gasteiger partial charge on any atom is -0.325 e. The maximum Gasteiger partial charge on any atom is 0.115 e. The number of nitrogens with zero attached hydrogens (tertiary/aromatic N) is 2. The molecule has 11 heavy (non-hydrogen) atoms. The molecule has 0 aliphatic carbocycles. The van der Waals surface area contributed by atoms with Gasteiger partial charge in [-0.2, -0.15) is 0 Å². The van der Waals surface area contributed by atoms with E-state index in [0.717, 1.165) is 12.1 Å². The molecule has 0 atom stereocenters. The predicted molar refractivity (Wildman–Crippen MR) is 44.0 cm³/mol. The zero-order valence-corrected chi connectivity index (χ0v) is 6.91. The summed E-state index contributed by atoms with van der Waals surface area (Å²) in [6.45, 7) is 3.96. The van der Waals surface area contributed by atoms with Crippen molar-refractivity contribution >= 4 is 0 Å². The molecule has 0 unspecified atom stereocenters. The lowest BCUT2D eigenvalue weighted by molar-refractivity contribution is 0.509. The summed E-state index contributed by atoms with van der Waals surface area (Å²) in [5, 5.41) is 0. The third kappa shape index (κ3) is 3.09. The number of hydrogen-bond acceptors (Lipinski definition) is 3. The number of aromatic nitrogens is 2. The van der Waals surface area contributed by atoms with Crippen LogP contribution in [0, 0.1) is 0 Å². The summed E-state index contributed by atoms with van der Waals surface area (Å²) in [6, 6.07) is 1.88. The molecule has 0 aliphatic heterocycles. The Balaban J connectivity index is 2.66. The fourth-order valence-electron chi connectivity index (χ4n) is 0.889. The molecule has 3 nitrogen and oxygen atoms in total. The standard InChI is InChI=1S/C8H13N3/c1-8(2,9)5-7-3-4-10-6-11-7/h3-4,6H,5,9H2,1-2H3. The van der Waals surface area contributed by atoms with Crippen LogP contribution < -0.4 is 5.73 Å². The molecule has 0 radical (unpaired) electrons. The number of rotatable bonds is 2. The molecule has 1 aromatic heterocycles. The van der Waals surface area contributed by atoms with Crippen molar-refractivity contribution in [2.45, 2.75) is 25.8 Å². The summed E-state index contributed by atoms with van der Waals surface area (Å²) in [4.78, 5) is 7.90. The van der Waals surface area contributed by atoms with Gasteiger partial charge in [0.15, 0.2) is 0 Å². The quantitative estimate of drug-likeness (QED) is 0.678. The van der Waals surface area contributed by atoms with Crippen LogP contribution in [0.4, 0.5) is 0 Å². The van der Waals surface area contributed by atoms with E-state index in [9.17, 15) is 0 Å². The molecule has 0 aromatic carbocycles. The van der Waals surface area contributed by atoms with Crippen LogP contribution in [0.1, 0.15) is 19.5 Å². The highest BCUT2D eigenvalue weighted by Crippen LogP contribution is 2.05. The minimum absolute atomic E-state index is 0.186. The molecule has 1 aromatic rings. The fraction of sp³-hybridized carbons (Fsp3) is 0.500.